The topological polar surface area (TPSA) is 75.9 Å². The Balaban J connectivity index is 0.00000300. The summed E-state index contributed by atoms with van der Waals surface area (Å²) in [5.74, 6) is 0.466. The molecule has 2 aromatic rings. The summed E-state index contributed by atoms with van der Waals surface area (Å²) >= 11 is 0. The molecule has 0 aromatic heterocycles. The van der Waals surface area contributed by atoms with E-state index in [1.165, 1.54) is 0 Å². The fraction of sp³-hybridized carbons (Fsp3) is 0.364. The molecule has 0 unspecified atom stereocenters. The molecule has 2 N–H and O–H groups in total. The minimum Gasteiger partial charge on any atom is -0.493 e. The van der Waals surface area contributed by atoms with Crippen molar-refractivity contribution in [2.24, 2.45) is 5.73 Å². The first-order chi connectivity index (χ1) is 13.6. The number of hydrogen-bond donors (Lipinski definition) is 1. The Kier molecular flexibility index (Phi) is 8.49. The highest BCUT2D eigenvalue weighted by atomic mass is 35.5. The number of nitrogens with zero attached hydrogens (tertiary/aromatic N) is 2. The second-order valence-electron chi connectivity index (χ2n) is 6.84. The molecule has 1 fully saturated rings. The van der Waals surface area contributed by atoms with Gasteiger partial charge in [0.2, 0.25) is 5.91 Å². The first-order valence-electron chi connectivity index (χ1n) is 9.69. The Bertz CT molecular complexity index is 808. The van der Waals surface area contributed by atoms with E-state index < -0.39 is 6.04 Å². The van der Waals surface area contributed by atoms with Crippen LogP contribution in [0.4, 0.5) is 0 Å². The molecule has 156 valence electrons. The van der Waals surface area contributed by atoms with Crippen molar-refractivity contribution in [3.05, 3.63) is 65.7 Å². The van der Waals surface area contributed by atoms with Crippen molar-refractivity contribution in [2.75, 3.05) is 32.8 Å². The molecule has 0 spiro atoms. The summed E-state index contributed by atoms with van der Waals surface area (Å²) in [5, 5.41) is 0. The molecule has 0 saturated carbocycles. The second kappa shape index (κ2) is 10.8. The Labute approximate surface area is 178 Å². The smallest absolute Gasteiger partial charge is 0.257 e. The number of ether oxygens (including phenoxy) is 1. The van der Waals surface area contributed by atoms with E-state index in [4.69, 9.17) is 10.5 Å². The van der Waals surface area contributed by atoms with E-state index in [-0.39, 0.29) is 24.2 Å². The van der Waals surface area contributed by atoms with E-state index in [1.807, 2.05) is 49.4 Å². The molecule has 0 bridgehead atoms. The average Bonchev–Trinajstić information content (AvgIpc) is 2.74. The van der Waals surface area contributed by atoms with Gasteiger partial charge in [-0.3, -0.25) is 9.59 Å². The molecular formula is C22H28ClN3O3. The molecule has 0 aliphatic carbocycles. The van der Waals surface area contributed by atoms with Crippen molar-refractivity contribution < 1.29 is 14.3 Å². The summed E-state index contributed by atoms with van der Waals surface area (Å²) < 4.78 is 5.57. The van der Waals surface area contributed by atoms with Gasteiger partial charge in [0.15, 0.2) is 0 Å². The lowest BCUT2D eigenvalue weighted by Crippen LogP contribution is -2.54. The third-order valence-corrected chi connectivity index (χ3v) is 4.91. The van der Waals surface area contributed by atoms with Crippen LogP contribution in [-0.4, -0.2) is 60.4 Å². The van der Waals surface area contributed by atoms with Gasteiger partial charge in [0.25, 0.3) is 5.91 Å². The Morgan fingerprint density at radius 2 is 1.55 bits per heavy atom. The van der Waals surface area contributed by atoms with Crippen molar-refractivity contribution in [2.45, 2.75) is 19.4 Å². The lowest BCUT2D eigenvalue weighted by Gasteiger charge is -2.36. The summed E-state index contributed by atoms with van der Waals surface area (Å²) in [7, 11) is 0. The van der Waals surface area contributed by atoms with Gasteiger partial charge in [0, 0.05) is 26.2 Å². The van der Waals surface area contributed by atoms with Crippen LogP contribution in [0.3, 0.4) is 0 Å². The lowest BCUT2D eigenvalue weighted by atomic mass is 10.1. The zero-order chi connectivity index (χ0) is 19.9. The highest BCUT2D eigenvalue weighted by Gasteiger charge is 2.28. The number of para-hydroxylation sites is 1. The number of amides is 2. The minimum absolute atomic E-state index is 0. The van der Waals surface area contributed by atoms with E-state index in [0.29, 0.717) is 50.5 Å². The summed E-state index contributed by atoms with van der Waals surface area (Å²) in [4.78, 5) is 29.1. The first kappa shape index (κ1) is 22.7. The molecule has 1 heterocycles. The number of piperazine rings is 1. The standard InChI is InChI=1S/C22H27N3O3.ClH/c1-2-28-20-11-7-6-10-18(20)21(26)24-12-14-25(15-13-24)22(27)19(23)16-17-8-4-3-5-9-17;/h3-11,19H,2,12-16,23H2,1H3;1H/t19-;/m0./s1. The van der Waals surface area contributed by atoms with Gasteiger partial charge >= 0.3 is 0 Å². The normalized spacial score (nSPS) is 14.7. The predicted molar refractivity (Wildman–Crippen MR) is 115 cm³/mol. The van der Waals surface area contributed by atoms with Gasteiger partial charge in [-0.05, 0) is 31.0 Å². The predicted octanol–water partition coefficient (Wildman–Crippen LogP) is 2.36. The molecule has 0 radical (unpaired) electrons. The molecule has 2 aromatic carbocycles. The van der Waals surface area contributed by atoms with Crippen LogP contribution >= 0.6 is 12.4 Å². The van der Waals surface area contributed by atoms with Crippen LogP contribution in [0.25, 0.3) is 0 Å². The van der Waals surface area contributed by atoms with Crippen LogP contribution in [-0.2, 0) is 11.2 Å². The van der Waals surface area contributed by atoms with Gasteiger partial charge in [-0.2, -0.15) is 0 Å². The van der Waals surface area contributed by atoms with Crippen LogP contribution in [0.15, 0.2) is 54.6 Å². The molecule has 1 aliphatic rings. The fourth-order valence-corrected chi connectivity index (χ4v) is 3.41. The van der Waals surface area contributed by atoms with Gasteiger partial charge in [-0.25, -0.2) is 0 Å². The molecule has 29 heavy (non-hydrogen) atoms. The number of carbonyl (C=O) groups excluding carboxylic acids is 2. The van der Waals surface area contributed by atoms with Crippen molar-refractivity contribution >= 4 is 24.2 Å². The zero-order valence-corrected chi connectivity index (χ0v) is 17.4. The van der Waals surface area contributed by atoms with Crippen LogP contribution in [0, 0.1) is 0 Å². The Hall–Kier alpha value is -2.57. The summed E-state index contributed by atoms with van der Waals surface area (Å²) in [5.41, 5.74) is 7.74. The van der Waals surface area contributed by atoms with Crippen LogP contribution in [0.1, 0.15) is 22.8 Å². The molecule has 2 amide bonds. The number of benzene rings is 2. The van der Waals surface area contributed by atoms with Crippen molar-refractivity contribution in [3.63, 3.8) is 0 Å². The molecular weight excluding hydrogens is 390 g/mol. The largest absolute Gasteiger partial charge is 0.493 e. The maximum atomic E-state index is 12.9. The summed E-state index contributed by atoms with van der Waals surface area (Å²) in [6.07, 6.45) is 0.514. The molecule has 1 atom stereocenters. The highest BCUT2D eigenvalue weighted by Crippen LogP contribution is 2.21. The quantitative estimate of drug-likeness (QED) is 0.782. The van der Waals surface area contributed by atoms with Gasteiger partial charge in [-0.15, -0.1) is 12.4 Å². The van der Waals surface area contributed by atoms with Crippen LogP contribution in [0.5, 0.6) is 5.75 Å². The van der Waals surface area contributed by atoms with E-state index in [0.717, 1.165) is 5.56 Å². The molecule has 6 nitrogen and oxygen atoms in total. The third kappa shape index (κ3) is 5.71. The molecule has 3 rings (SSSR count). The first-order valence-corrected chi connectivity index (χ1v) is 9.69. The van der Waals surface area contributed by atoms with E-state index in [1.54, 1.807) is 21.9 Å². The number of halogens is 1. The van der Waals surface area contributed by atoms with Gasteiger partial charge < -0.3 is 20.3 Å². The number of hydrogen-bond acceptors (Lipinski definition) is 4. The SMILES string of the molecule is CCOc1ccccc1C(=O)N1CCN(C(=O)[C@@H](N)Cc2ccccc2)CC1.Cl. The van der Waals surface area contributed by atoms with E-state index >= 15 is 0 Å². The minimum atomic E-state index is -0.566. The summed E-state index contributed by atoms with van der Waals surface area (Å²) in [6, 6.07) is 16.5. The number of rotatable bonds is 6. The van der Waals surface area contributed by atoms with Crippen LogP contribution < -0.4 is 10.5 Å². The van der Waals surface area contributed by atoms with Gasteiger partial charge in [0.05, 0.1) is 18.2 Å². The zero-order valence-electron chi connectivity index (χ0n) is 16.6. The summed E-state index contributed by atoms with van der Waals surface area (Å²) in [6.45, 7) is 4.36. The van der Waals surface area contributed by atoms with Crippen molar-refractivity contribution in [1.29, 1.82) is 0 Å². The van der Waals surface area contributed by atoms with Crippen LogP contribution in [0.2, 0.25) is 0 Å². The molecule has 7 heteroatoms. The number of nitrogens with two attached hydrogens (primary N) is 1. The highest BCUT2D eigenvalue weighted by molar-refractivity contribution is 5.97. The lowest BCUT2D eigenvalue weighted by molar-refractivity contribution is -0.134. The third-order valence-electron chi connectivity index (χ3n) is 4.91. The number of carbonyl (C=O) groups is 2. The second-order valence-corrected chi connectivity index (χ2v) is 6.84. The van der Waals surface area contributed by atoms with Crippen molar-refractivity contribution in [1.82, 2.24) is 9.80 Å². The average molecular weight is 418 g/mol. The Morgan fingerprint density at radius 1 is 0.966 bits per heavy atom. The molecule has 1 saturated heterocycles. The van der Waals surface area contributed by atoms with Gasteiger partial charge in [-0.1, -0.05) is 42.5 Å². The monoisotopic (exact) mass is 417 g/mol. The van der Waals surface area contributed by atoms with E-state index in [9.17, 15) is 9.59 Å². The maximum Gasteiger partial charge on any atom is 0.257 e. The van der Waals surface area contributed by atoms with Gasteiger partial charge in [0.1, 0.15) is 5.75 Å². The Morgan fingerprint density at radius 3 is 2.21 bits per heavy atom. The van der Waals surface area contributed by atoms with E-state index in [2.05, 4.69) is 0 Å². The maximum absolute atomic E-state index is 12.9. The fourth-order valence-electron chi connectivity index (χ4n) is 3.41. The van der Waals surface area contributed by atoms with Crippen molar-refractivity contribution in [3.8, 4) is 5.75 Å². The molecule has 1 aliphatic heterocycles.